The molecule has 0 radical (unpaired) electrons. The van der Waals surface area contributed by atoms with Gasteiger partial charge in [0.15, 0.2) is 5.16 Å². The lowest BCUT2D eigenvalue weighted by Gasteiger charge is -2.27. The van der Waals surface area contributed by atoms with Crippen LogP contribution in [0.3, 0.4) is 0 Å². The summed E-state index contributed by atoms with van der Waals surface area (Å²) >= 11 is 1.26. The second-order valence-electron chi connectivity index (χ2n) is 10.8. The zero-order chi connectivity index (χ0) is 34.0. The molecule has 4 aromatic rings. The highest BCUT2D eigenvalue weighted by molar-refractivity contribution is 7.98. The third-order valence-corrected chi connectivity index (χ3v) is 8.68. The molecule has 4 rings (SSSR count). The van der Waals surface area contributed by atoms with Crippen molar-refractivity contribution in [1.29, 1.82) is 0 Å². The van der Waals surface area contributed by atoms with Crippen LogP contribution < -0.4 is 10.3 Å². The zero-order valence-corrected chi connectivity index (χ0v) is 27.4. The minimum absolute atomic E-state index is 0.0416. The maximum absolute atomic E-state index is 13.9. The summed E-state index contributed by atoms with van der Waals surface area (Å²) in [5.41, 5.74) is 1.85. The van der Waals surface area contributed by atoms with Gasteiger partial charge < -0.3 is 19.1 Å². The third-order valence-electron chi connectivity index (χ3n) is 7.62. The smallest absolute Gasteiger partial charge is 0.416 e. The summed E-state index contributed by atoms with van der Waals surface area (Å²) in [6, 6.07) is 18.4. The molecule has 0 saturated heterocycles. The Hall–Kier alpha value is -4.16. The van der Waals surface area contributed by atoms with E-state index >= 15 is 0 Å². The molecule has 0 atom stereocenters. The molecular formula is C35H38F4N4O3S. The van der Waals surface area contributed by atoms with E-state index in [9.17, 15) is 27.2 Å². The predicted molar refractivity (Wildman–Crippen MR) is 176 cm³/mol. The Morgan fingerprint density at radius 2 is 1.47 bits per heavy atom. The van der Waals surface area contributed by atoms with Crippen molar-refractivity contribution in [3.63, 3.8) is 0 Å². The SMILES string of the molecule is CCOc1cn(CC(=O)N(CCN(CC)CC)Cc2ccc(-c3ccc(C(F)(F)F)cc3)cc2)c(SCc2ccc(F)cc2)nc1=O. The molecule has 0 saturated carbocycles. The normalized spacial score (nSPS) is 11.6. The van der Waals surface area contributed by atoms with Crippen LogP contribution in [0.5, 0.6) is 5.75 Å². The maximum Gasteiger partial charge on any atom is 0.416 e. The number of likely N-dealkylation sites (N-methyl/N-ethyl adjacent to an activating group) is 1. The van der Waals surface area contributed by atoms with E-state index < -0.39 is 17.3 Å². The lowest BCUT2D eigenvalue weighted by molar-refractivity contribution is -0.137. The fourth-order valence-corrected chi connectivity index (χ4v) is 5.80. The summed E-state index contributed by atoms with van der Waals surface area (Å²) in [7, 11) is 0. The molecule has 0 N–H and O–H groups in total. The Kier molecular flexibility index (Phi) is 12.6. The second-order valence-corrected chi connectivity index (χ2v) is 11.7. The average Bonchev–Trinajstić information content (AvgIpc) is 3.06. The minimum atomic E-state index is -4.40. The van der Waals surface area contributed by atoms with E-state index in [2.05, 4.69) is 23.7 Å². The fourth-order valence-electron chi connectivity index (χ4n) is 4.88. The quantitative estimate of drug-likeness (QED) is 0.0762. The fraction of sp³-hybridized carbons (Fsp3) is 0.343. The Labute approximate surface area is 276 Å². The lowest BCUT2D eigenvalue weighted by atomic mass is 10.0. The standard InChI is InChI=1S/C35H38F4N4O3S/c1-4-41(5-2)19-20-42(21-25-7-11-27(12-8-25)28-13-15-29(16-14-28)35(37,38)39)32(44)23-43-22-31(46-6-3)33(45)40-34(43)47-24-26-9-17-30(36)18-10-26/h7-18,22H,4-6,19-21,23-24H2,1-3H3. The number of thioether (sulfide) groups is 1. The van der Waals surface area contributed by atoms with E-state index in [1.165, 1.54) is 42.2 Å². The van der Waals surface area contributed by atoms with E-state index in [1.807, 2.05) is 24.3 Å². The summed E-state index contributed by atoms with van der Waals surface area (Å²) in [6.45, 7) is 9.08. The Bertz CT molecular complexity index is 1660. The van der Waals surface area contributed by atoms with Crippen LogP contribution in [0.25, 0.3) is 11.1 Å². The number of benzene rings is 3. The molecule has 0 fully saturated rings. The number of halogens is 4. The van der Waals surface area contributed by atoms with Gasteiger partial charge in [0, 0.05) is 25.4 Å². The van der Waals surface area contributed by atoms with Crippen LogP contribution in [0.4, 0.5) is 17.6 Å². The van der Waals surface area contributed by atoms with Crippen LogP contribution in [-0.4, -0.2) is 58.0 Å². The number of aromatic nitrogens is 2. The van der Waals surface area contributed by atoms with Crippen molar-refractivity contribution >= 4 is 17.7 Å². The van der Waals surface area contributed by atoms with E-state index in [1.54, 1.807) is 28.5 Å². The molecule has 47 heavy (non-hydrogen) atoms. The monoisotopic (exact) mass is 670 g/mol. The van der Waals surface area contributed by atoms with E-state index in [-0.39, 0.29) is 30.6 Å². The summed E-state index contributed by atoms with van der Waals surface area (Å²) in [6.07, 6.45) is -2.90. The van der Waals surface area contributed by atoms with Crippen LogP contribution in [0, 0.1) is 5.82 Å². The number of hydrogen-bond acceptors (Lipinski definition) is 6. The highest BCUT2D eigenvalue weighted by atomic mass is 32.2. The number of hydrogen-bond donors (Lipinski definition) is 0. The van der Waals surface area contributed by atoms with Gasteiger partial charge in [-0.1, -0.05) is 74.1 Å². The molecular weight excluding hydrogens is 632 g/mol. The molecule has 1 heterocycles. The topological polar surface area (TPSA) is 67.7 Å². The number of rotatable bonds is 15. The van der Waals surface area contributed by atoms with Crippen LogP contribution in [-0.2, 0) is 29.8 Å². The van der Waals surface area contributed by atoms with E-state index in [4.69, 9.17) is 4.74 Å². The minimum Gasteiger partial charge on any atom is -0.487 e. The summed E-state index contributed by atoms with van der Waals surface area (Å²) in [5, 5.41) is 0.334. The Morgan fingerprint density at radius 3 is 2.04 bits per heavy atom. The zero-order valence-electron chi connectivity index (χ0n) is 26.6. The third kappa shape index (κ3) is 10.2. The second kappa shape index (κ2) is 16.6. The molecule has 0 bridgehead atoms. The molecule has 1 aromatic heterocycles. The van der Waals surface area contributed by atoms with Gasteiger partial charge in [-0.25, -0.2) is 4.39 Å². The molecule has 1 amide bonds. The average molecular weight is 671 g/mol. The van der Waals surface area contributed by atoms with Crippen molar-refractivity contribution in [2.45, 2.75) is 50.9 Å². The van der Waals surface area contributed by atoms with E-state index in [0.717, 1.165) is 41.9 Å². The molecule has 0 aliphatic carbocycles. The molecule has 250 valence electrons. The number of ether oxygens (including phenoxy) is 1. The van der Waals surface area contributed by atoms with Crippen molar-refractivity contribution in [2.75, 3.05) is 32.8 Å². The van der Waals surface area contributed by atoms with Gasteiger partial charge in [-0.15, -0.1) is 0 Å². The van der Waals surface area contributed by atoms with Gasteiger partial charge in [-0.2, -0.15) is 18.2 Å². The van der Waals surface area contributed by atoms with Gasteiger partial charge >= 0.3 is 11.7 Å². The largest absolute Gasteiger partial charge is 0.487 e. The van der Waals surface area contributed by atoms with Crippen LogP contribution in [0.15, 0.2) is 88.9 Å². The maximum atomic E-state index is 13.9. The van der Waals surface area contributed by atoms with Crippen molar-refractivity contribution < 1.29 is 27.1 Å². The van der Waals surface area contributed by atoms with Gasteiger partial charge in [-0.3, -0.25) is 9.59 Å². The molecule has 0 unspecified atom stereocenters. The van der Waals surface area contributed by atoms with Crippen LogP contribution in [0.2, 0.25) is 0 Å². The number of amides is 1. The summed E-state index contributed by atoms with van der Waals surface area (Å²) < 4.78 is 59.5. The van der Waals surface area contributed by atoms with Gasteiger partial charge in [-0.05, 0) is 66.5 Å². The van der Waals surface area contributed by atoms with Gasteiger partial charge in [0.05, 0.1) is 18.4 Å². The first kappa shape index (κ1) is 35.7. The molecule has 7 nitrogen and oxygen atoms in total. The van der Waals surface area contributed by atoms with Gasteiger partial charge in [0.1, 0.15) is 12.4 Å². The van der Waals surface area contributed by atoms with Crippen molar-refractivity contribution in [2.24, 2.45) is 0 Å². The number of carbonyl (C=O) groups is 1. The molecule has 0 aliphatic heterocycles. The van der Waals surface area contributed by atoms with Crippen molar-refractivity contribution in [1.82, 2.24) is 19.4 Å². The van der Waals surface area contributed by atoms with Crippen LogP contribution >= 0.6 is 11.8 Å². The van der Waals surface area contributed by atoms with Crippen molar-refractivity contribution in [3.05, 3.63) is 112 Å². The number of alkyl halides is 3. The van der Waals surface area contributed by atoms with Crippen molar-refractivity contribution in [3.8, 4) is 16.9 Å². The first-order valence-electron chi connectivity index (χ1n) is 15.4. The van der Waals surface area contributed by atoms with E-state index in [0.29, 0.717) is 36.1 Å². The first-order chi connectivity index (χ1) is 22.5. The number of nitrogens with zero attached hydrogens (tertiary/aromatic N) is 4. The molecule has 0 spiro atoms. The highest BCUT2D eigenvalue weighted by Crippen LogP contribution is 2.31. The summed E-state index contributed by atoms with van der Waals surface area (Å²) in [5.74, 6) is -0.0915. The Balaban J connectivity index is 1.56. The molecule has 3 aromatic carbocycles. The van der Waals surface area contributed by atoms with Gasteiger partial charge in [0.25, 0.3) is 0 Å². The first-order valence-corrected chi connectivity index (χ1v) is 16.4. The predicted octanol–water partition coefficient (Wildman–Crippen LogP) is 7.13. The summed E-state index contributed by atoms with van der Waals surface area (Å²) in [4.78, 5) is 34.8. The van der Waals surface area contributed by atoms with Crippen LogP contribution in [0.1, 0.15) is 37.5 Å². The Morgan fingerprint density at radius 1 is 0.872 bits per heavy atom. The lowest BCUT2D eigenvalue weighted by Crippen LogP contribution is -2.40. The molecule has 12 heteroatoms. The molecule has 0 aliphatic rings. The number of carbonyl (C=O) groups excluding carboxylic acids is 1. The highest BCUT2D eigenvalue weighted by Gasteiger charge is 2.30. The van der Waals surface area contributed by atoms with Gasteiger partial charge in [0.2, 0.25) is 11.7 Å².